The third-order valence-corrected chi connectivity index (χ3v) is 4.54. The summed E-state index contributed by atoms with van der Waals surface area (Å²) in [5.74, 6) is -1.14. The van der Waals surface area contributed by atoms with Gasteiger partial charge in [0, 0.05) is 13.6 Å². The zero-order valence-electron chi connectivity index (χ0n) is 13.6. The number of carbonyl (C=O) groups excluding carboxylic acids is 1. The molecule has 0 aliphatic carbocycles. The molecular formula is C19H21NO4. The van der Waals surface area contributed by atoms with Crippen LogP contribution in [0.5, 0.6) is 0 Å². The topological polar surface area (TPSA) is 66.8 Å². The van der Waals surface area contributed by atoms with E-state index in [0.29, 0.717) is 19.4 Å². The molecule has 24 heavy (non-hydrogen) atoms. The van der Waals surface area contributed by atoms with Crippen molar-refractivity contribution in [1.82, 2.24) is 4.90 Å². The minimum Gasteiger partial charge on any atom is -0.479 e. The number of carboxylic acid groups (broad SMARTS) is 1. The largest absolute Gasteiger partial charge is 0.479 e. The van der Waals surface area contributed by atoms with Crippen LogP contribution in [0.2, 0.25) is 0 Å². The third-order valence-electron chi connectivity index (χ3n) is 4.54. The van der Waals surface area contributed by atoms with Crippen LogP contribution >= 0.6 is 0 Å². The monoisotopic (exact) mass is 327 g/mol. The van der Waals surface area contributed by atoms with Gasteiger partial charge in [0.15, 0.2) is 6.10 Å². The van der Waals surface area contributed by atoms with Crippen molar-refractivity contribution in [1.29, 1.82) is 0 Å². The van der Waals surface area contributed by atoms with Gasteiger partial charge < -0.3 is 14.7 Å². The number of hydrogen-bond donors (Lipinski definition) is 1. The van der Waals surface area contributed by atoms with E-state index in [9.17, 15) is 9.59 Å². The first-order chi connectivity index (χ1) is 11.6. The summed E-state index contributed by atoms with van der Waals surface area (Å²) >= 11 is 0. The van der Waals surface area contributed by atoms with Crippen molar-refractivity contribution in [2.24, 2.45) is 0 Å². The lowest BCUT2D eigenvalue weighted by Gasteiger charge is -2.21. The van der Waals surface area contributed by atoms with Crippen LogP contribution < -0.4 is 0 Å². The van der Waals surface area contributed by atoms with Gasteiger partial charge in [-0.15, -0.1) is 0 Å². The summed E-state index contributed by atoms with van der Waals surface area (Å²) in [7, 11) is 1.74. The molecule has 1 amide bonds. The number of carboxylic acids is 1. The quantitative estimate of drug-likeness (QED) is 0.916. The molecule has 5 heteroatoms. The molecule has 1 heterocycles. The lowest BCUT2D eigenvalue weighted by molar-refractivity contribution is -0.154. The highest BCUT2D eigenvalue weighted by Crippen LogP contribution is 2.22. The number of benzene rings is 2. The molecule has 0 bridgehead atoms. The fourth-order valence-electron chi connectivity index (χ4n) is 3.16. The van der Waals surface area contributed by atoms with E-state index >= 15 is 0 Å². The molecule has 3 rings (SSSR count). The fourth-order valence-corrected chi connectivity index (χ4v) is 3.16. The molecule has 126 valence electrons. The summed E-state index contributed by atoms with van der Waals surface area (Å²) in [5, 5.41) is 11.3. The van der Waals surface area contributed by atoms with Gasteiger partial charge >= 0.3 is 5.97 Å². The van der Waals surface area contributed by atoms with Gasteiger partial charge in [0.2, 0.25) is 0 Å². The molecule has 0 spiro atoms. The van der Waals surface area contributed by atoms with E-state index in [-0.39, 0.29) is 5.91 Å². The molecule has 1 aliphatic rings. The maximum absolute atomic E-state index is 12.4. The summed E-state index contributed by atoms with van der Waals surface area (Å²) in [6.07, 6.45) is 0.115. The van der Waals surface area contributed by atoms with Crippen molar-refractivity contribution in [3.8, 4) is 0 Å². The Bertz CT molecular complexity index is 753. The van der Waals surface area contributed by atoms with E-state index in [1.165, 1.54) is 16.3 Å². The number of amides is 1. The van der Waals surface area contributed by atoms with Gasteiger partial charge in [-0.2, -0.15) is 0 Å². The first-order valence-corrected chi connectivity index (χ1v) is 8.16. The molecule has 5 nitrogen and oxygen atoms in total. The van der Waals surface area contributed by atoms with E-state index in [4.69, 9.17) is 9.84 Å². The van der Waals surface area contributed by atoms with Crippen LogP contribution in [-0.4, -0.2) is 47.7 Å². The molecule has 0 saturated carbocycles. The number of likely N-dealkylation sites (N-methyl/N-ethyl adjacent to an activating group) is 1. The van der Waals surface area contributed by atoms with Gasteiger partial charge in [0.05, 0.1) is 0 Å². The van der Waals surface area contributed by atoms with Crippen molar-refractivity contribution < 1.29 is 19.4 Å². The predicted molar refractivity (Wildman–Crippen MR) is 90.8 cm³/mol. The Hall–Kier alpha value is -2.40. The van der Waals surface area contributed by atoms with Crippen LogP contribution in [0.25, 0.3) is 10.8 Å². The molecule has 0 unspecified atom stereocenters. The van der Waals surface area contributed by atoms with Gasteiger partial charge in [-0.3, -0.25) is 4.79 Å². The van der Waals surface area contributed by atoms with Crippen LogP contribution in [0.15, 0.2) is 42.5 Å². The lowest BCUT2D eigenvalue weighted by atomic mass is 10.0. The van der Waals surface area contributed by atoms with Crippen molar-refractivity contribution in [3.05, 3.63) is 48.0 Å². The minimum atomic E-state index is -0.997. The molecule has 1 aliphatic heterocycles. The molecule has 2 aromatic carbocycles. The van der Waals surface area contributed by atoms with Crippen LogP contribution in [0.3, 0.4) is 0 Å². The van der Waals surface area contributed by atoms with Crippen molar-refractivity contribution in [3.63, 3.8) is 0 Å². The molecule has 1 N–H and O–H groups in total. The van der Waals surface area contributed by atoms with E-state index in [1.54, 1.807) is 11.9 Å². The lowest BCUT2D eigenvalue weighted by Crippen LogP contribution is -2.38. The molecule has 0 radical (unpaired) electrons. The fraction of sp³-hybridized carbons (Fsp3) is 0.368. The van der Waals surface area contributed by atoms with E-state index in [1.807, 2.05) is 18.2 Å². The number of rotatable bonds is 5. The smallest absolute Gasteiger partial charge is 0.332 e. The highest BCUT2D eigenvalue weighted by Gasteiger charge is 2.35. The zero-order valence-corrected chi connectivity index (χ0v) is 13.6. The Balaban J connectivity index is 1.62. The van der Waals surface area contributed by atoms with Gasteiger partial charge in [-0.25, -0.2) is 4.79 Å². The highest BCUT2D eigenvalue weighted by atomic mass is 16.5. The van der Waals surface area contributed by atoms with E-state index in [2.05, 4.69) is 24.3 Å². The average molecular weight is 327 g/mol. The second-order valence-electron chi connectivity index (χ2n) is 6.18. The standard InChI is InChI=1S/C19H21NO4/c1-20(18(21)16-9-10-17(24-16)19(22)23)12-11-14-7-4-6-13-5-2-3-8-15(13)14/h2-8,16-17H,9-12H2,1H3,(H,22,23)/t16-,17+/m0/s1. The molecule has 1 saturated heterocycles. The van der Waals surface area contributed by atoms with Crippen molar-refractivity contribution in [2.45, 2.75) is 31.5 Å². The second-order valence-corrected chi connectivity index (χ2v) is 6.18. The number of ether oxygens (including phenoxy) is 1. The molecule has 2 atom stereocenters. The normalized spacial score (nSPS) is 20.2. The number of fused-ring (bicyclic) bond motifs is 1. The molecular weight excluding hydrogens is 306 g/mol. The first kappa shape index (κ1) is 16.5. The van der Waals surface area contributed by atoms with Gasteiger partial charge in [-0.1, -0.05) is 42.5 Å². The summed E-state index contributed by atoms with van der Waals surface area (Å²) < 4.78 is 5.34. The molecule has 1 fully saturated rings. The number of aliphatic carboxylic acids is 1. The van der Waals surface area contributed by atoms with Crippen LogP contribution in [0.4, 0.5) is 0 Å². The first-order valence-electron chi connectivity index (χ1n) is 8.16. The highest BCUT2D eigenvalue weighted by molar-refractivity contribution is 5.86. The molecule has 2 aromatic rings. The van der Waals surface area contributed by atoms with Gasteiger partial charge in [0.25, 0.3) is 5.91 Å². The number of hydrogen-bond acceptors (Lipinski definition) is 3. The number of carbonyl (C=O) groups is 2. The second kappa shape index (κ2) is 7.01. The van der Waals surface area contributed by atoms with Gasteiger partial charge in [0.1, 0.15) is 6.10 Å². The van der Waals surface area contributed by atoms with Gasteiger partial charge in [-0.05, 0) is 35.6 Å². The Kier molecular flexibility index (Phi) is 4.81. The maximum Gasteiger partial charge on any atom is 0.332 e. The Labute approximate surface area is 140 Å². The minimum absolute atomic E-state index is 0.140. The summed E-state index contributed by atoms with van der Waals surface area (Å²) in [5.41, 5.74) is 1.20. The Morgan fingerprint density at radius 2 is 1.83 bits per heavy atom. The van der Waals surface area contributed by atoms with Crippen molar-refractivity contribution >= 4 is 22.6 Å². The van der Waals surface area contributed by atoms with E-state index < -0.39 is 18.2 Å². The Morgan fingerprint density at radius 1 is 1.12 bits per heavy atom. The summed E-state index contributed by atoms with van der Waals surface area (Å²) in [4.78, 5) is 25.0. The number of nitrogens with zero attached hydrogens (tertiary/aromatic N) is 1. The Morgan fingerprint density at radius 3 is 2.58 bits per heavy atom. The zero-order chi connectivity index (χ0) is 17.1. The third kappa shape index (κ3) is 3.41. The summed E-state index contributed by atoms with van der Waals surface area (Å²) in [6, 6.07) is 14.4. The van der Waals surface area contributed by atoms with Crippen molar-refractivity contribution in [2.75, 3.05) is 13.6 Å². The SMILES string of the molecule is CN(CCc1cccc2ccccc12)C(=O)[C@@H]1CC[C@H](C(=O)O)O1. The predicted octanol–water partition coefficient (Wildman–Crippen LogP) is 2.47. The van der Waals surface area contributed by atoms with Crippen LogP contribution in [0, 0.1) is 0 Å². The van der Waals surface area contributed by atoms with Crippen LogP contribution in [-0.2, 0) is 20.7 Å². The van der Waals surface area contributed by atoms with E-state index in [0.717, 1.165) is 6.42 Å². The van der Waals surface area contributed by atoms with Crippen LogP contribution in [0.1, 0.15) is 18.4 Å². The maximum atomic E-state index is 12.4. The summed E-state index contributed by atoms with van der Waals surface area (Å²) in [6.45, 7) is 0.574. The average Bonchev–Trinajstić information content (AvgIpc) is 3.09. The molecule has 0 aromatic heterocycles.